The Bertz CT molecular complexity index is 135. The van der Waals surface area contributed by atoms with Crippen LogP contribution in [-0.4, -0.2) is 67.5 Å². The fourth-order valence-corrected chi connectivity index (χ4v) is 1.37. The first-order chi connectivity index (χ1) is 4.84. The molecule has 0 aromatic rings. The van der Waals surface area contributed by atoms with Crippen molar-refractivity contribution in [1.82, 2.24) is 0 Å². The Morgan fingerprint density at radius 3 is 2.27 bits per heavy atom. The van der Waals surface area contributed by atoms with Crippen molar-refractivity contribution in [2.45, 2.75) is 38.1 Å². The molecule has 0 saturated heterocycles. The van der Waals surface area contributed by atoms with Gasteiger partial charge in [-0.15, -0.1) is 0 Å². The van der Waals surface area contributed by atoms with Crippen LogP contribution >= 0.6 is 0 Å². The fraction of sp³-hybridized carbons (Fsp3) is 1.00. The van der Waals surface area contributed by atoms with Crippen molar-refractivity contribution in [3.63, 3.8) is 0 Å². The summed E-state index contributed by atoms with van der Waals surface area (Å²) in [5, 5.41) is 21.4. The molecule has 1 aliphatic carbocycles. The van der Waals surface area contributed by atoms with Gasteiger partial charge in [-0.3, -0.25) is 0 Å². The van der Waals surface area contributed by atoms with Gasteiger partial charge in [0.2, 0.25) is 0 Å². The minimum atomic E-state index is -0.0706. The van der Waals surface area contributed by atoms with Crippen molar-refractivity contribution in [2.24, 2.45) is 5.28 Å². The second-order valence-electron chi connectivity index (χ2n) is 2.68. The van der Waals surface area contributed by atoms with Gasteiger partial charge in [-0.25, -0.2) is 0 Å². The maximum Gasteiger partial charge on any atom is 0.197 e. The summed E-state index contributed by atoms with van der Waals surface area (Å²) in [5.74, 6) is 0. The first kappa shape index (κ1) is 11.8. The van der Waals surface area contributed by atoms with Crippen molar-refractivity contribution in [3.8, 4) is 0 Å². The fourth-order valence-electron chi connectivity index (χ4n) is 1.37. The molecule has 1 aliphatic rings. The van der Waals surface area contributed by atoms with Gasteiger partial charge >= 0.3 is 0 Å². The first-order valence-corrected chi connectivity index (χ1v) is 3.66. The van der Waals surface area contributed by atoms with Crippen LogP contribution in [-0.2, 0) is 0 Å². The molecule has 1 radical (unpaired) electrons. The maximum absolute atomic E-state index is 10.7. The summed E-state index contributed by atoms with van der Waals surface area (Å²) in [4.78, 5) is 0.416. The minimum Gasteiger partial charge on any atom is -0.597 e. The van der Waals surface area contributed by atoms with E-state index in [9.17, 15) is 5.21 Å². The molecule has 0 atom stereocenters. The first-order valence-electron chi connectivity index (χ1n) is 3.66. The van der Waals surface area contributed by atoms with Gasteiger partial charge < -0.3 is 10.4 Å². The zero-order valence-electron chi connectivity index (χ0n) is 6.86. The minimum absolute atomic E-state index is 0. The van der Waals surface area contributed by atoms with E-state index in [4.69, 9.17) is 5.21 Å². The van der Waals surface area contributed by atoms with Gasteiger partial charge in [0, 0.05) is 64.2 Å². The SMILES string of the molecule is [K].[O-][N+](=NO)C1CCCCC1. The van der Waals surface area contributed by atoms with Crippen LogP contribution in [0.2, 0.25) is 0 Å². The van der Waals surface area contributed by atoms with Crippen LogP contribution in [0.1, 0.15) is 32.1 Å². The van der Waals surface area contributed by atoms with Crippen molar-refractivity contribution < 1.29 is 10.1 Å². The normalized spacial score (nSPS) is 20.9. The molecular formula is C6H12KN2O2. The molecule has 1 rings (SSSR count). The zero-order chi connectivity index (χ0) is 7.40. The third-order valence-corrected chi connectivity index (χ3v) is 1.98. The van der Waals surface area contributed by atoms with E-state index in [1.165, 1.54) is 6.42 Å². The molecule has 0 aliphatic heterocycles. The van der Waals surface area contributed by atoms with E-state index in [0.717, 1.165) is 25.7 Å². The van der Waals surface area contributed by atoms with Crippen LogP contribution in [0.25, 0.3) is 0 Å². The molecule has 1 saturated carbocycles. The topological polar surface area (TPSA) is 58.7 Å². The second kappa shape index (κ2) is 6.36. The average Bonchev–Trinajstić information content (AvgIpc) is 2.05. The molecule has 0 unspecified atom stereocenters. The van der Waals surface area contributed by atoms with E-state index in [1.807, 2.05) is 0 Å². The van der Waals surface area contributed by atoms with Gasteiger partial charge in [0.15, 0.2) is 11.3 Å². The van der Waals surface area contributed by atoms with Crippen LogP contribution in [0.15, 0.2) is 5.28 Å². The number of rotatable bonds is 1. The van der Waals surface area contributed by atoms with Crippen LogP contribution in [0, 0.1) is 5.21 Å². The number of hydrogen-bond acceptors (Lipinski definition) is 2. The zero-order valence-corrected chi connectivity index (χ0v) is 9.99. The molecule has 0 amide bonds. The van der Waals surface area contributed by atoms with Gasteiger partial charge in [-0.05, 0) is 12.8 Å². The Morgan fingerprint density at radius 1 is 1.27 bits per heavy atom. The molecule has 0 bridgehead atoms. The third-order valence-electron chi connectivity index (χ3n) is 1.98. The Kier molecular flexibility index (Phi) is 6.85. The standard InChI is InChI=1S/C6H12N2O2.K/c9-7-8(10)6-4-2-1-3-5-6;/h6,9H,1-5H2;. The van der Waals surface area contributed by atoms with Crippen LogP contribution < -0.4 is 0 Å². The van der Waals surface area contributed by atoms with E-state index in [1.54, 1.807) is 0 Å². The van der Waals surface area contributed by atoms with Crippen molar-refractivity contribution >= 4 is 51.4 Å². The summed E-state index contributed by atoms with van der Waals surface area (Å²) in [6.07, 6.45) is 5.11. The largest absolute Gasteiger partial charge is 0.597 e. The average molecular weight is 183 g/mol. The quantitative estimate of drug-likeness (QED) is 0.288. The predicted octanol–water partition coefficient (Wildman–Crippen LogP) is 1.29. The third kappa shape index (κ3) is 3.84. The van der Waals surface area contributed by atoms with E-state index >= 15 is 0 Å². The van der Waals surface area contributed by atoms with E-state index in [2.05, 4.69) is 5.28 Å². The van der Waals surface area contributed by atoms with Crippen LogP contribution in [0.3, 0.4) is 0 Å². The summed E-state index contributed by atoms with van der Waals surface area (Å²) < 4.78 is 0. The Hall–Kier alpha value is 0.836. The predicted molar refractivity (Wildman–Crippen MR) is 40.5 cm³/mol. The Labute approximate surface area is 109 Å². The van der Waals surface area contributed by atoms with Crippen molar-refractivity contribution in [2.75, 3.05) is 0 Å². The molecule has 0 spiro atoms. The number of hydroxylamine groups is 1. The van der Waals surface area contributed by atoms with Gasteiger partial charge in [0.25, 0.3) is 0 Å². The molecule has 1 fully saturated rings. The monoisotopic (exact) mass is 183 g/mol. The molecule has 59 valence electrons. The Balaban J connectivity index is 0.000001000. The van der Waals surface area contributed by atoms with Gasteiger partial charge in [-0.1, -0.05) is 11.3 Å². The smallest absolute Gasteiger partial charge is 0.197 e. The second-order valence-corrected chi connectivity index (χ2v) is 2.68. The van der Waals surface area contributed by atoms with Crippen molar-refractivity contribution in [1.29, 1.82) is 0 Å². The molecule has 11 heavy (non-hydrogen) atoms. The summed E-state index contributed by atoms with van der Waals surface area (Å²) >= 11 is 0. The molecule has 0 aromatic heterocycles. The van der Waals surface area contributed by atoms with Crippen LogP contribution in [0.5, 0.6) is 0 Å². The van der Waals surface area contributed by atoms with Crippen LogP contribution in [0.4, 0.5) is 0 Å². The van der Waals surface area contributed by atoms with E-state index in [-0.39, 0.29) is 57.4 Å². The molecule has 0 heterocycles. The number of nitrogens with zero attached hydrogens (tertiary/aromatic N) is 2. The van der Waals surface area contributed by atoms with E-state index < -0.39 is 0 Å². The number of hydrogen-bond donors (Lipinski definition) is 1. The molecule has 5 heteroatoms. The van der Waals surface area contributed by atoms with Gasteiger partial charge in [0.1, 0.15) is 0 Å². The van der Waals surface area contributed by atoms with Gasteiger partial charge in [-0.2, -0.15) is 0 Å². The molecule has 4 nitrogen and oxygen atoms in total. The van der Waals surface area contributed by atoms with E-state index in [0.29, 0.717) is 4.86 Å². The summed E-state index contributed by atoms with van der Waals surface area (Å²) in [6, 6.07) is -0.0706. The molecule has 1 N–H and O–H groups in total. The maximum atomic E-state index is 10.7. The molecule has 0 aromatic carbocycles. The molecular weight excluding hydrogens is 171 g/mol. The summed E-state index contributed by atoms with van der Waals surface area (Å²) in [6.45, 7) is 0. The summed E-state index contributed by atoms with van der Waals surface area (Å²) in [7, 11) is 0. The Morgan fingerprint density at radius 2 is 1.82 bits per heavy atom. The summed E-state index contributed by atoms with van der Waals surface area (Å²) in [5.41, 5.74) is 0. The van der Waals surface area contributed by atoms with Gasteiger partial charge in [0.05, 0.1) is 0 Å². The van der Waals surface area contributed by atoms with Crippen molar-refractivity contribution in [3.05, 3.63) is 5.21 Å².